The molecule has 3 aromatic rings. The number of nitrogens with one attached hydrogen (secondary N) is 1. The van der Waals surface area contributed by atoms with E-state index in [1.807, 2.05) is 30.5 Å². The average Bonchev–Trinajstić information content (AvgIpc) is 3.29. The summed E-state index contributed by atoms with van der Waals surface area (Å²) in [5, 5.41) is 6.15. The number of piperidine rings is 1. The Morgan fingerprint density at radius 3 is 3.04 bits per heavy atom. The lowest BCUT2D eigenvalue weighted by atomic mass is 9.97. The van der Waals surface area contributed by atoms with Gasteiger partial charge in [-0.2, -0.15) is 0 Å². The lowest BCUT2D eigenvalue weighted by Gasteiger charge is -2.31. The third-order valence-corrected chi connectivity index (χ3v) is 6.02. The second-order valence-corrected chi connectivity index (χ2v) is 8.42. The molecule has 0 saturated carbocycles. The number of hydrogen-bond acceptors (Lipinski definition) is 5. The number of amides is 2. The minimum atomic E-state index is -0.245. The number of aromatic nitrogens is 1. The highest BCUT2D eigenvalue weighted by Crippen LogP contribution is 2.30. The molecule has 2 aromatic heterocycles. The zero-order chi connectivity index (χ0) is 19.0. The van der Waals surface area contributed by atoms with Crippen molar-refractivity contribution < 1.29 is 14.0 Å². The third kappa shape index (κ3) is 3.64. The summed E-state index contributed by atoms with van der Waals surface area (Å²) in [7, 11) is 0. The molecule has 27 heavy (non-hydrogen) atoms. The maximum Gasteiger partial charge on any atom is 0.289 e. The molecule has 0 spiro atoms. The summed E-state index contributed by atoms with van der Waals surface area (Å²) in [6.07, 6.45) is 3.19. The molecule has 140 valence electrons. The van der Waals surface area contributed by atoms with Gasteiger partial charge in [-0.3, -0.25) is 9.59 Å². The van der Waals surface area contributed by atoms with Crippen molar-refractivity contribution in [1.29, 1.82) is 0 Å². The summed E-state index contributed by atoms with van der Waals surface area (Å²) in [5.41, 5.74) is 1.51. The number of rotatable bonds is 3. The van der Waals surface area contributed by atoms with E-state index in [-0.39, 0.29) is 17.7 Å². The number of halogens is 1. The van der Waals surface area contributed by atoms with Crippen LogP contribution in [0.3, 0.4) is 0 Å². The van der Waals surface area contributed by atoms with Crippen LogP contribution in [-0.4, -0.2) is 34.8 Å². The van der Waals surface area contributed by atoms with Crippen molar-refractivity contribution >= 4 is 55.2 Å². The van der Waals surface area contributed by atoms with Crippen LogP contribution in [0.1, 0.15) is 29.0 Å². The van der Waals surface area contributed by atoms with Gasteiger partial charge in [0, 0.05) is 40.1 Å². The quantitative estimate of drug-likeness (QED) is 0.643. The number of carbonyl (C=O) groups excluding carboxylic acids is 2. The summed E-state index contributed by atoms with van der Waals surface area (Å²) < 4.78 is 6.77. The molecular weight excluding hydrogens is 430 g/mol. The van der Waals surface area contributed by atoms with Crippen LogP contribution >= 0.6 is 27.3 Å². The zero-order valence-electron chi connectivity index (χ0n) is 14.7. The first-order chi connectivity index (χ1) is 13.0. The first kappa shape index (κ1) is 18.2. The van der Waals surface area contributed by atoms with E-state index in [0.29, 0.717) is 29.6 Å². The highest BCUT2D eigenvalue weighted by Gasteiger charge is 2.31. The number of benzene rings is 1. The second kappa shape index (κ2) is 7.44. The SMILES string of the molecule is Cc1c(C(=O)N2CCCC(C(=O)Nc3nccs3)C2)oc2ccc(Br)cc12. The highest BCUT2D eigenvalue weighted by molar-refractivity contribution is 9.10. The molecule has 1 aliphatic heterocycles. The number of anilines is 1. The molecule has 8 heteroatoms. The molecule has 0 radical (unpaired) electrons. The maximum atomic E-state index is 13.0. The van der Waals surface area contributed by atoms with Gasteiger partial charge < -0.3 is 14.6 Å². The largest absolute Gasteiger partial charge is 0.451 e. The van der Waals surface area contributed by atoms with Gasteiger partial charge in [0.2, 0.25) is 5.91 Å². The Bertz CT molecular complexity index is 999. The van der Waals surface area contributed by atoms with Crippen LogP contribution < -0.4 is 5.32 Å². The Labute approximate surface area is 168 Å². The molecule has 6 nitrogen and oxygen atoms in total. The van der Waals surface area contributed by atoms with E-state index < -0.39 is 0 Å². The molecule has 1 saturated heterocycles. The smallest absolute Gasteiger partial charge is 0.289 e. The van der Waals surface area contributed by atoms with E-state index in [9.17, 15) is 9.59 Å². The molecule has 1 fully saturated rings. The number of fused-ring (bicyclic) bond motifs is 1. The third-order valence-electron chi connectivity index (χ3n) is 4.83. The molecule has 1 atom stereocenters. The molecular formula is C19H18BrN3O3S. The van der Waals surface area contributed by atoms with Crippen molar-refractivity contribution in [2.45, 2.75) is 19.8 Å². The van der Waals surface area contributed by atoms with Crippen LogP contribution in [0.15, 0.2) is 38.7 Å². The fourth-order valence-corrected chi connectivity index (χ4v) is 4.30. The number of likely N-dealkylation sites (tertiary alicyclic amines) is 1. The monoisotopic (exact) mass is 447 g/mol. The number of furan rings is 1. The van der Waals surface area contributed by atoms with E-state index in [1.54, 1.807) is 11.1 Å². The van der Waals surface area contributed by atoms with Crippen LogP contribution in [0, 0.1) is 12.8 Å². The first-order valence-electron chi connectivity index (χ1n) is 8.71. The van der Waals surface area contributed by atoms with Gasteiger partial charge >= 0.3 is 0 Å². The number of carbonyl (C=O) groups is 2. The van der Waals surface area contributed by atoms with Gasteiger partial charge in [0.05, 0.1) is 5.92 Å². The molecule has 1 aliphatic rings. The van der Waals surface area contributed by atoms with Crippen LogP contribution in [0.2, 0.25) is 0 Å². The predicted octanol–water partition coefficient (Wildman–Crippen LogP) is 4.45. The first-order valence-corrected chi connectivity index (χ1v) is 10.4. The zero-order valence-corrected chi connectivity index (χ0v) is 17.1. The lowest BCUT2D eigenvalue weighted by Crippen LogP contribution is -2.43. The van der Waals surface area contributed by atoms with Crippen LogP contribution in [0.4, 0.5) is 5.13 Å². The number of thiazole rings is 1. The minimum absolute atomic E-state index is 0.0901. The highest BCUT2D eigenvalue weighted by atomic mass is 79.9. The van der Waals surface area contributed by atoms with Gasteiger partial charge in [-0.25, -0.2) is 4.98 Å². The maximum absolute atomic E-state index is 13.0. The Kier molecular flexibility index (Phi) is 5.01. The summed E-state index contributed by atoms with van der Waals surface area (Å²) in [4.78, 5) is 31.3. The van der Waals surface area contributed by atoms with E-state index >= 15 is 0 Å². The molecule has 4 rings (SSSR count). The minimum Gasteiger partial charge on any atom is -0.451 e. The van der Waals surface area contributed by atoms with Gasteiger partial charge in [0.25, 0.3) is 5.91 Å². The topological polar surface area (TPSA) is 75.4 Å². The Balaban J connectivity index is 1.52. The van der Waals surface area contributed by atoms with Crippen molar-refractivity contribution in [2.75, 3.05) is 18.4 Å². The fourth-order valence-electron chi connectivity index (χ4n) is 3.41. The van der Waals surface area contributed by atoms with Crippen molar-refractivity contribution in [3.63, 3.8) is 0 Å². The van der Waals surface area contributed by atoms with Crippen LogP contribution in [0.5, 0.6) is 0 Å². The van der Waals surface area contributed by atoms with Gasteiger partial charge in [-0.1, -0.05) is 15.9 Å². The summed E-state index contributed by atoms with van der Waals surface area (Å²) in [5.74, 6) is -0.145. The molecule has 1 unspecified atom stereocenters. The summed E-state index contributed by atoms with van der Waals surface area (Å²) in [6.45, 7) is 2.90. The van der Waals surface area contributed by atoms with E-state index in [1.165, 1.54) is 11.3 Å². The number of nitrogens with zero attached hydrogens (tertiary/aromatic N) is 2. The van der Waals surface area contributed by atoms with Gasteiger partial charge in [-0.05, 0) is 38.0 Å². The fraction of sp³-hybridized carbons (Fsp3) is 0.316. The van der Waals surface area contributed by atoms with E-state index in [0.717, 1.165) is 28.3 Å². The van der Waals surface area contributed by atoms with Gasteiger partial charge in [0.15, 0.2) is 10.9 Å². The number of hydrogen-bond donors (Lipinski definition) is 1. The van der Waals surface area contributed by atoms with Crippen molar-refractivity contribution in [3.05, 3.63) is 45.6 Å². The molecule has 0 aliphatic carbocycles. The van der Waals surface area contributed by atoms with Crippen LogP contribution in [0.25, 0.3) is 11.0 Å². The molecule has 0 bridgehead atoms. The lowest BCUT2D eigenvalue weighted by molar-refractivity contribution is -0.121. The Hall–Kier alpha value is -2.19. The van der Waals surface area contributed by atoms with E-state index in [4.69, 9.17) is 4.42 Å². The van der Waals surface area contributed by atoms with Crippen molar-refractivity contribution in [2.24, 2.45) is 5.92 Å². The molecule has 1 N–H and O–H groups in total. The Morgan fingerprint density at radius 1 is 1.41 bits per heavy atom. The van der Waals surface area contributed by atoms with Crippen molar-refractivity contribution in [3.8, 4) is 0 Å². The van der Waals surface area contributed by atoms with E-state index in [2.05, 4.69) is 26.2 Å². The molecule has 1 aromatic carbocycles. The predicted molar refractivity (Wildman–Crippen MR) is 108 cm³/mol. The van der Waals surface area contributed by atoms with Gasteiger partial charge in [0.1, 0.15) is 5.58 Å². The average molecular weight is 448 g/mol. The summed E-state index contributed by atoms with van der Waals surface area (Å²) in [6, 6.07) is 5.69. The standard InChI is InChI=1S/C19H18BrN3O3S/c1-11-14-9-13(20)4-5-15(14)26-16(11)18(25)23-7-2-3-12(10-23)17(24)22-19-21-6-8-27-19/h4-6,8-9,12H,2-3,7,10H2,1H3,(H,21,22,24). The van der Waals surface area contributed by atoms with Crippen LogP contribution in [-0.2, 0) is 4.79 Å². The second-order valence-electron chi connectivity index (χ2n) is 6.61. The summed E-state index contributed by atoms with van der Waals surface area (Å²) >= 11 is 4.83. The van der Waals surface area contributed by atoms with Crippen molar-refractivity contribution in [1.82, 2.24) is 9.88 Å². The molecule has 2 amide bonds. The normalized spacial score (nSPS) is 17.3. The number of aryl methyl sites for hydroxylation is 1. The Morgan fingerprint density at radius 2 is 2.26 bits per heavy atom. The van der Waals surface area contributed by atoms with Gasteiger partial charge in [-0.15, -0.1) is 11.3 Å². The molecule has 3 heterocycles.